The van der Waals surface area contributed by atoms with Crippen LogP contribution in [0.3, 0.4) is 0 Å². The number of aryl methyl sites for hydroxylation is 1. The summed E-state index contributed by atoms with van der Waals surface area (Å²) in [6, 6.07) is 24.5. The van der Waals surface area contributed by atoms with Crippen LogP contribution in [0.1, 0.15) is 11.1 Å². The molecule has 4 rings (SSSR count). The average Bonchev–Trinajstić information content (AvgIpc) is 3.16. The van der Waals surface area contributed by atoms with Gasteiger partial charge in [0.2, 0.25) is 0 Å². The van der Waals surface area contributed by atoms with E-state index < -0.39 is 11.7 Å². The number of ether oxygens (including phenoxy) is 1. The van der Waals surface area contributed by atoms with E-state index in [0.717, 1.165) is 5.56 Å². The maximum atomic E-state index is 14.1. The summed E-state index contributed by atoms with van der Waals surface area (Å²) in [6.07, 6.45) is -4.51. The topological polar surface area (TPSA) is 14.2 Å². The molecule has 0 fully saturated rings. The van der Waals surface area contributed by atoms with Gasteiger partial charge in [-0.15, -0.1) is 0 Å². The number of hydrogen-bond donors (Lipinski definition) is 0. The number of nitrogens with zero attached hydrogens (tertiary/aromatic N) is 1. The van der Waals surface area contributed by atoms with Crippen LogP contribution >= 0.6 is 0 Å². The quantitative estimate of drug-likeness (QED) is 0.350. The van der Waals surface area contributed by atoms with Crippen LogP contribution < -0.4 is 4.74 Å². The lowest BCUT2D eigenvalue weighted by atomic mass is 10.1. The molecule has 30 heavy (non-hydrogen) atoms. The summed E-state index contributed by atoms with van der Waals surface area (Å²) in [5, 5.41) is 0. The largest absolute Gasteiger partial charge is 0.497 e. The van der Waals surface area contributed by atoms with Gasteiger partial charge < -0.3 is 9.30 Å². The molecule has 0 spiro atoms. The summed E-state index contributed by atoms with van der Waals surface area (Å²) in [4.78, 5) is 0. The van der Waals surface area contributed by atoms with Crippen LogP contribution in [0, 0.1) is 6.92 Å². The Kier molecular flexibility index (Phi) is 5.12. The first-order valence-corrected chi connectivity index (χ1v) is 9.48. The molecule has 0 saturated heterocycles. The van der Waals surface area contributed by atoms with Crippen molar-refractivity contribution in [3.8, 4) is 34.0 Å². The summed E-state index contributed by atoms with van der Waals surface area (Å²) in [5.74, 6) is 0.587. The zero-order valence-electron chi connectivity index (χ0n) is 16.6. The average molecular weight is 407 g/mol. The molecule has 0 saturated carbocycles. The van der Waals surface area contributed by atoms with Gasteiger partial charge in [-0.05, 0) is 60.5 Å². The molecule has 1 heterocycles. The van der Waals surface area contributed by atoms with E-state index in [1.54, 1.807) is 28.8 Å². The van der Waals surface area contributed by atoms with Crippen molar-refractivity contribution in [2.75, 3.05) is 7.11 Å². The number of methoxy groups -OCH3 is 1. The Hall–Kier alpha value is -3.47. The lowest BCUT2D eigenvalue weighted by Crippen LogP contribution is -2.07. The van der Waals surface area contributed by atoms with E-state index >= 15 is 0 Å². The summed E-state index contributed by atoms with van der Waals surface area (Å²) < 4.78 is 49.2. The van der Waals surface area contributed by atoms with E-state index in [9.17, 15) is 13.2 Å². The summed E-state index contributed by atoms with van der Waals surface area (Å²) >= 11 is 0. The van der Waals surface area contributed by atoms with E-state index in [1.165, 1.54) is 13.2 Å². The Balaban J connectivity index is 2.07. The van der Waals surface area contributed by atoms with Gasteiger partial charge in [-0.2, -0.15) is 13.2 Å². The molecular weight excluding hydrogens is 387 g/mol. The number of rotatable bonds is 4. The zero-order valence-corrected chi connectivity index (χ0v) is 16.6. The molecular formula is C25H20F3NO. The van der Waals surface area contributed by atoms with E-state index in [1.807, 2.05) is 61.5 Å². The third-order valence-corrected chi connectivity index (χ3v) is 5.03. The van der Waals surface area contributed by atoms with E-state index in [0.29, 0.717) is 28.3 Å². The van der Waals surface area contributed by atoms with Crippen molar-refractivity contribution in [3.05, 3.63) is 96.1 Å². The van der Waals surface area contributed by atoms with Crippen LogP contribution in [-0.2, 0) is 6.18 Å². The molecule has 0 radical (unpaired) electrons. The van der Waals surface area contributed by atoms with Crippen LogP contribution in [0.25, 0.3) is 28.2 Å². The first-order chi connectivity index (χ1) is 14.4. The van der Waals surface area contributed by atoms with Gasteiger partial charge >= 0.3 is 6.18 Å². The molecule has 0 aliphatic rings. The maximum Gasteiger partial charge on any atom is 0.418 e. The molecule has 0 unspecified atom stereocenters. The smallest absolute Gasteiger partial charge is 0.418 e. The van der Waals surface area contributed by atoms with Gasteiger partial charge in [-0.25, -0.2) is 0 Å². The van der Waals surface area contributed by atoms with E-state index in [4.69, 9.17) is 4.74 Å². The third kappa shape index (κ3) is 3.71. The van der Waals surface area contributed by atoms with Crippen molar-refractivity contribution in [2.45, 2.75) is 13.1 Å². The van der Waals surface area contributed by atoms with Crippen LogP contribution in [-0.4, -0.2) is 11.7 Å². The number of aromatic nitrogens is 1. The number of alkyl halides is 3. The van der Waals surface area contributed by atoms with Crippen LogP contribution in [0.4, 0.5) is 13.2 Å². The first-order valence-electron chi connectivity index (χ1n) is 9.48. The maximum absolute atomic E-state index is 14.1. The molecule has 0 atom stereocenters. The van der Waals surface area contributed by atoms with Crippen molar-refractivity contribution < 1.29 is 17.9 Å². The van der Waals surface area contributed by atoms with Crippen molar-refractivity contribution in [1.29, 1.82) is 0 Å². The van der Waals surface area contributed by atoms with Crippen LogP contribution in [0.15, 0.2) is 84.9 Å². The van der Waals surface area contributed by atoms with Gasteiger partial charge in [0.25, 0.3) is 0 Å². The second-order valence-electron chi connectivity index (χ2n) is 7.06. The van der Waals surface area contributed by atoms with Gasteiger partial charge in [0.05, 0.1) is 24.1 Å². The lowest BCUT2D eigenvalue weighted by Gasteiger charge is -2.16. The molecule has 4 aromatic rings. The number of hydrogen-bond acceptors (Lipinski definition) is 1. The molecule has 152 valence electrons. The molecule has 2 nitrogen and oxygen atoms in total. The Labute approximate surface area is 173 Å². The Morgan fingerprint density at radius 2 is 1.40 bits per heavy atom. The van der Waals surface area contributed by atoms with Gasteiger partial charge in [0.1, 0.15) is 5.75 Å². The Bertz CT molecular complexity index is 1140. The Morgan fingerprint density at radius 3 is 1.97 bits per heavy atom. The molecule has 0 amide bonds. The number of halogens is 3. The van der Waals surface area contributed by atoms with Gasteiger partial charge in [0.15, 0.2) is 0 Å². The van der Waals surface area contributed by atoms with Crippen LogP contribution in [0.5, 0.6) is 5.75 Å². The highest BCUT2D eigenvalue weighted by atomic mass is 19.4. The van der Waals surface area contributed by atoms with Gasteiger partial charge in [-0.3, -0.25) is 0 Å². The van der Waals surface area contributed by atoms with Gasteiger partial charge in [-0.1, -0.05) is 48.0 Å². The zero-order chi connectivity index (χ0) is 21.3. The fraction of sp³-hybridized carbons (Fsp3) is 0.120. The highest BCUT2D eigenvalue weighted by molar-refractivity contribution is 5.77. The monoisotopic (exact) mass is 407 g/mol. The van der Waals surface area contributed by atoms with Gasteiger partial charge in [0, 0.05) is 5.69 Å². The van der Waals surface area contributed by atoms with Crippen molar-refractivity contribution in [1.82, 2.24) is 4.57 Å². The molecule has 5 heteroatoms. The van der Waals surface area contributed by atoms with E-state index in [-0.39, 0.29) is 5.69 Å². The van der Waals surface area contributed by atoms with Crippen molar-refractivity contribution in [3.63, 3.8) is 0 Å². The lowest BCUT2D eigenvalue weighted by molar-refractivity contribution is -0.137. The highest BCUT2D eigenvalue weighted by Crippen LogP contribution is 2.43. The minimum absolute atomic E-state index is 0.104. The molecule has 0 bridgehead atoms. The Morgan fingerprint density at radius 1 is 0.767 bits per heavy atom. The molecule has 0 aliphatic heterocycles. The van der Waals surface area contributed by atoms with Crippen molar-refractivity contribution in [2.24, 2.45) is 0 Å². The first kappa shape index (κ1) is 19.8. The normalized spacial score (nSPS) is 11.5. The standard InChI is InChI=1S/C25H20F3NO/c1-17-8-12-20(13-9-17)29-23(18-6-4-3-5-7-18)16-22(25(26,27)28)24(29)19-10-14-21(30-2)15-11-19/h3-16H,1-2H3. The SMILES string of the molecule is COc1ccc(-c2c(C(F)(F)F)cc(-c3ccccc3)n2-c2ccc(C)cc2)cc1. The number of benzene rings is 3. The third-order valence-electron chi connectivity index (χ3n) is 5.03. The summed E-state index contributed by atoms with van der Waals surface area (Å²) in [7, 11) is 1.53. The highest BCUT2D eigenvalue weighted by Gasteiger charge is 2.37. The predicted molar refractivity (Wildman–Crippen MR) is 113 cm³/mol. The van der Waals surface area contributed by atoms with Crippen LogP contribution in [0.2, 0.25) is 0 Å². The molecule has 1 aromatic heterocycles. The predicted octanol–water partition coefficient (Wildman–Crippen LogP) is 7.15. The van der Waals surface area contributed by atoms with E-state index in [2.05, 4.69) is 0 Å². The van der Waals surface area contributed by atoms with Crippen molar-refractivity contribution >= 4 is 0 Å². The molecule has 3 aromatic carbocycles. The minimum atomic E-state index is -4.51. The molecule has 0 aliphatic carbocycles. The fourth-order valence-electron chi connectivity index (χ4n) is 3.54. The summed E-state index contributed by atoms with van der Waals surface area (Å²) in [5.41, 5.74) is 2.79. The molecule has 0 N–H and O–H groups in total. The minimum Gasteiger partial charge on any atom is -0.497 e. The fourth-order valence-corrected chi connectivity index (χ4v) is 3.54. The summed E-state index contributed by atoms with van der Waals surface area (Å²) in [6.45, 7) is 1.95. The second kappa shape index (κ2) is 7.75. The second-order valence-corrected chi connectivity index (χ2v) is 7.06.